The molecule has 1 saturated heterocycles. The van der Waals surface area contributed by atoms with E-state index in [0.29, 0.717) is 11.8 Å². The summed E-state index contributed by atoms with van der Waals surface area (Å²) in [5.74, 6) is 0.351. The van der Waals surface area contributed by atoms with E-state index in [-0.39, 0.29) is 22.3 Å². The molecule has 1 heterocycles. The second-order valence-electron chi connectivity index (χ2n) is 10.6. The number of aromatic hydroxyl groups is 1. The Bertz CT molecular complexity index is 979. The molecule has 1 N–H and O–H groups in total. The van der Waals surface area contributed by atoms with E-state index in [2.05, 4.69) is 38.8 Å². The van der Waals surface area contributed by atoms with Crippen LogP contribution >= 0.6 is 0 Å². The highest BCUT2D eigenvalue weighted by Gasteiger charge is 2.70. The molecule has 0 aromatic heterocycles. The summed E-state index contributed by atoms with van der Waals surface area (Å²) in [6.07, 6.45) is 3.80. The van der Waals surface area contributed by atoms with Crippen LogP contribution in [-0.2, 0) is 21.7 Å². The van der Waals surface area contributed by atoms with Crippen LogP contribution in [0.3, 0.4) is 0 Å². The summed E-state index contributed by atoms with van der Waals surface area (Å²) in [6, 6.07) is 4.26. The van der Waals surface area contributed by atoms with Gasteiger partial charge < -0.3 is 10.0 Å². The van der Waals surface area contributed by atoms with Gasteiger partial charge >= 0.3 is 0 Å². The minimum atomic E-state index is -3.41. The zero-order valence-electron chi connectivity index (χ0n) is 19.5. The van der Waals surface area contributed by atoms with E-state index in [9.17, 15) is 13.5 Å². The van der Waals surface area contributed by atoms with Gasteiger partial charge in [-0.15, -0.1) is 0 Å². The lowest BCUT2D eigenvalue weighted by Gasteiger charge is -2.72. The lowest BCUT2D eigenvalue weighted by atomic mass is 9.36. The van der Waals surface area contributed by atoms with Gasteiger partial charge in [0.2, 0.25) is 0 Å². The maximum atomic E-state index is 12.8. The van der Waals surface area contributed by atoms with Crippen molar-refractivity contribution < 1.29 is 13.5 Å². The quantitative estimate of drug-likeness (QED) is 0.746. The Morgan fingerprint density at radius 3 is 2.53 bits per heavy atom. The lowest BCUT2D eigenvalue weighted by molar-refractivity contribution is -0.154. The van der Waals surface area contributed by atoms with Crippen LogP contribution in [0, 0.1) is 17.8 Å². The number of fused-ring (bicyclic) bond motifs is 1. The maximum Gasteiger partial charge on any atom is 0.297 e. The van der Waals surface area contributed by atoms with E-state index in [1.54, 1.807) is 18.2 Å². The van der Waals surface area contributed by atoms with Crippen molar-refractivity contribution in [3.63, 3.8) is 0 Å². The molecule has 1 aromatic carbocycles. The van der Waals surface area contributed by atoms with Crippen LogP contribution in [0.5, 0.6) is 5.75 Å². The molecule has 2 unspecified atom stereocenters. The Balaban J connectivity index is 2.01. The molecule has 0 spiro atoms. The minimum Gasteiger partial charge on any atom is -0.508 e. The van der Waals surface area contributed by atoms with Gasteiger partial charge in [0.1, 0.15) is 5.75 Å². The molecule has 4 atom stereocenters. The largest absolute Gasteiger partial charge is 0.508 e. The number of likely N-dealkylation sites (N-methyl/N-ethyl adjacent to an activating group) is 1. The third kappa shape index (κ3) is 2.52. The smallest absolute Gasteiger partial charge is 0.297 e. The molecule has 5 nitrogen and oxygen atoms in total. The third-order valence-corrected chi connectivity index (χ3v) is 11.1. The second kappa shape index (κ2) is 6.73. The topological polar surface area (TPSA) is 60.9 Å². The molecule has 165 valence electrons. The summed E-state index contributed by atoms with van der Waals surface area (Å²) in [5, 5.41) is 10.7. The fraction of sp³-hybridized carbons (Fsp3) is 0.739. The predicted octanol–water partition coefficient (Wildman–Crippen LogP) is 3.32. The molecule has 0 amide bonds. The molecule has 7 heteroatoms. The van der Waals surface area contributed by atoms with Gasteiger partial charge in [0.25, 0.3) is 6.56 Å². The third-order valence-electron chi connectivity index (χ3n) is 9.45. The highest BCUT2D eigenvalue weighted by atomic mass is 32.2. The predicted molar refractivity (Wildman–Crippen MR) is 122 cm³/mol. The van der Waals surface area contributed by atoms with Crippen LogP contribution in [0.2, 0.25) is 6.82 Å². The number of piperidine rings is 1. The monoisotopic (exact) mass is 431 g/mol. The first-order chi connectivity index (χ1) is 13.8. The van der Waals surface area contributed by atoms with Crippen LogP contribution in [0.1, 0.15) is 56.7 Å². The molecular formula is C23H36BN2O3S. The molecule has 1 aromatic rings. The number of likely N-dealkylation sites (tertiary alicyclic amines) is 1. The van der Waals surface area contributed by atoms with E-state index in [0.717, 1.165) is 37.8 Å². The Labute approximate surface area is 183 Å². The average Bonchev–Trinajstić information content (AvgIpc) is 2.67. The van der Waals surface area contributed by atoms with Crippen molar-refractivity contribution in [1.29, 1.82) is 0 Å². The van der Waals surface area contributed by atoms with E-state index >= 15 is 0 Å². The molecule has 4 rings (SSSR count). The highest BCUT2D eigenvalue weighted by Crippen LogP contribution is 2.70. The average molecular weight is 431 g/mol. The summed E-state index contributed by atoms with van der Waals surface area (Å²) in [6.45, 7) is 12.9. The van der Waals surface area contributed by atoms with Crippen molar-refractivity contribution in [2.75, 3.05) is 20.6 Å². The molecule has 30 heavy (non-hydrogen) atoms. The Morgan fingerprint density at radius 1 is 1.23 bits per heavy atom. The highest BCUT2D eigenvalue weighted by molar-refractivity contribution is 8.13. The van der Waals surface area contributed by atoms with Crippen molar-refractivity contribution in [3.05, 3.63) is 28.8 Å². The van der Waals surface area contributed by atoms with E-state index in [4.69, 9.17) is 0 Å². The van der Waals surface area contributed by atoms with Crippen molar-refractivity contribution in [3.8, 4) is 5.75 Å². The van der Waals surface area contributed by atoms with Crippen molar-refractivity contribution in [1.82, 2.24) is 9.21 Å². The number of nitrogens with zero attached hydrogens (tertiary/aromatic N) is 2. The summed E-state index contributed by atoms with van der Waals surface area (Å²) in [4.78, 5) is 2.51. The van der Waals surface area contributed by atoms with E-state index in [1.807, 2.05) is 13.0 Å². The summed E-state index contributed by atoms with van der Waals surface area (Å²) in [7, 11) is 0.564. The fourth-order valence-corrected chi connectivity index (χ4v) is 8.96. The SMILES string of the molecule is C[B]S(=O)(=O)N(C)C1CCC2(C)[C@H]3Cc4ccc(O)c(C)c4[C@@]2(CCN3C)C1(C)C. The van der Waals surface area contributed by atoms with Crippen molar-refractivity contribution in [2.45, 2.75) is 77.7 Å². The molecule has 2 fully saturated rings. The fourth-order valence-electron chi connectivity index (χ4n) is 7.90. The summed E-state index contributed by atoms with van der Waals surface area (Å²) >= 11 is 0. The first-order valence-electron chi connectivity index (χ1n) is 11.1. The number of hydrogen-bond donors (Lipinski definition) is 1. The normalized spacial score (nSPS) is 35.6. The number of rotatable bonds is 3. The summed E-state index contributed by atoms with van der Waals surface area (Å²) < 4.78 is 27.3. The lowest BCUT2D eigenvalue weighted by Crippen LogP contribution is -2.75. The Hall–Kier alpha value is -1.05. The molecule has 3 aliphatic rings. The van der Waals surface area contributed by atoms with Gasteiger partial charge in [-0.25, -0.2) is 12.7 Å². The zero-order valence-corrected chi connectivity index (χ0v) is 20.3. The Kier molecular flexibility index (Phi) is 4.97. The van der Waals surface area contributed by atoms with Gasteiger partial charge in [0.05, 0.1) is 0 Å². The number of benzene rings is 1. The van der Waals surface area contributed by atoms with Gasteiger partial charge in [0, 0.05) is 24.5 Å². The van der Waals surface area contributed by atoms with Crippen LogP contribution in [-0.4, -0.2) is 62.0 Å². The van der Waals surface area contributed by atoms with Gasteiger partial charge in [0.15, 0.2) is 9.87 Å². The van der Waals surface area contributed by atoms with Gasteiger partial charge in [-0.1, -0.05) is 33.7 Å². The van der Waals surface area contributed by atoms with Crippen LogP contribution in [0.4, 0.5) is 0 Å². The van der Waals surface area contributed by atoms with Crippen molar-refractivity contribution in [2.24, 2.45) is 10.8 Å². The second-order valence-corrected chi connectivity index (χ2v) is 12.7. The first kappa shape index (κ1) is 22.2. The minimum absolute atomic E-state index is 0.0199. The standard InChI is InChI=1S/C23H36BN2O3S/c1-15-17(27)9-8-16-14-19-22(4)11-10-18(26(7)30(28,29)24-5)21(2,3)23(22,20(15)16)12-13-25(19)6/h8-9,18-19,27H,10-14H2,1-7H3/t18?,19-,22?,23+/m1/s1. The van der Waals surface area contributed by atoms with E-state index < -0.39 is 9.87 Å². The number of hydrogen-bond acceptors (Lipinski definition) is 4. The molecule has 1 radical (unpaired) electrons. The molecule has 2 aliphatic carbocycles. The number of phenolic OH excluding ortho intramolecular Hbond substituents is 1. The summed E-state index contributed by atoms with van der Waals surface area (Å²) in [5.41, 5.74) is 3.11. The number of phenols is 1. The van der Waals surface area contributed by atoms with Gasteiger partial charge in [-0.2, -0.15) is 0 Å². The van der Waals surface area contributed by atoms with E-state index in [1.165, 1.54) is 17.7 Å². The molecule has 1 aliphatic heterocycles. The zero-order chi connectivity index (χ0) is 22.3. The van der Waals surface area contributed by atoms with Crippen LogP contribution in [0.25, 0.3) is 0 Å². The molecule has 1 saturated carbocycles. The van der Waals surface area contributed by atoms with Crippen LogP contribution < -0.4 is 0 Å². The maximum absolute atomic E-state index is 12.8. The van der Waals surface area contributed by atoms with Crippen LogP contribution in [0.15, 0.2) is 12.1 Å². The molecular weight excluding hydrogens is 395 g/mol. The Morgan fingerprint density at radius 2 is 1.90 bits per heavy atom. The van der Waals surface area contributed by atoms with Gasteiger partial charge in [-0.3, -0.25) is 0 Å². The van der Waals surface area contributed by atoms with Gasteiger partial charge in [-0.05, 0) is 79.8 Å². The molecule has 2 bridgehead atoms. The van der Waals surface area contributed by atoms with Crippen molar-refractivity contribution >= 4 is 16.4 Å². The first-order valence-corrected chi connectivity index (χ1v) is 12.6.